The van der Waals surface area contributed by atoms with Gasteiger partial charge >= 0.3 is 0 Å². The van der Waals surface area contributed by atoms with Crippen molar-refractivity contribution in [3.63, 3.8) is 0 Å². The van der Waals surface area contributed by atoms with E-state index in [1.54, 1.807) is 7.11 Å². The summed E-state index contributed by atoms with van der Waals surface area (Å²) in [5.41, 5.74) is 3.68. The predicted octanol–water partition coefficient (Wildman–Crippen LogP) is 1.99. The first kappa shape index (κ1) is 12.1. The number of rotatable bonds is 4. The highest BCUT2D eigenvalue weighted by Crippen LogP contribution is 2.28. The van der Waals surface area contributed by atoms with Gasteiger partial charge in [-0.25, -0.2) is 0 Å². The lowest BCUT2D eigenvalue weighted by molar-refractivity contribution is 0.413. The molecular weight excluding hydrogens is 256 g/mol. The highest BCUT2D eigenvalue weighted by atomic mass is 79.9. The minimum Gasteiger partial charge on any atom is -0.497 e. The van der Waals surface area contributed by atoms with Crippen molar-refractivity contribution in [1.29, 1.82) is 0 Å². The molecule has 3 nitrogen and oxygen atoms in total. The first-order chi connectivity index (χ1) is 7.22. The summed E-state index contributed by atoms with van der Waals surface area (Å²) in [6, 6.07) is 5.62. The Bertz CT molecular complexity index is 373. The van der Waals surface area contributed by atoms with Crippen molar-refractivity contribution in [3.05, 3.63) is 28.2 Å². The van der Waals surface area contributed by atoms with Crippen LogP contribution < -0.4 is 16.0 Å². The molecule has 1 rings (SSSR count). The number of hydrazine groups is 1. The molecule has 1 unspecified atom stereocenters. The number of methoxy groups -OCH3 is 1. The van der Waals surface area contributed by atoms with Crippen LogP contribution >= 0.6 is 15.9 Å². The zero-order chi connectivity index (χ0) is 11.3. The molecule has 0 saturated heterocycles. The third-order valence-corrected chi connectivity index (χ3v) is 2.82. The summed E-state index contributed by atoms with van der Waals surface area (Å²) in [4.78, 5) is 0. The van der Waals surface area contributed by atoms with E-state index < -0.39 is 0 Å². The van der Waals surface area contributed by atoms with Crippen LogP contribution in [0.4, 0.5) is 0 Å². The number of hydrogen-bond donors (Lipinski definition) is 2. The Morgan fingerprint density at radius 3 is 2.93 bits per heavy atom. The fourth-order valence-corrected chi connectivity index (χ4v) is 1.82. The van der Waals surface area contributed by atoms with Gasteiger partial charge < -0.3 is 4.74 Å². The summed E-state index contributed by atoms with van der Waals surface area (Å²) >= 11 is 3.45. The molecule has 0 aromatic heterocycles. The average molecular weight is 269 g/mol. The molecule has 15 heavy (non-hydrogen) atoms. The van der Waals surface area contributed by atoms with E-state index in [9.17, 15) is 0 Å². The van der Waals surface area contributed by atoms with Crippen LogP contribution in [0.3, 0.4) is 0 Å². The number of terminal acetylenes is 1. The van der Waals surface area contributed by atoms with Crippen LogP contribution in [-0.2, 0) is 0 Å². The van der Waals surface area contributed by atoms with Crippen molar-refractivity contribution < 1.29 is 4.74 Å². The SMILES string of the molecule is C#CCC(NN)c1cc(OC)ccc1Br. The second kappa shape index (κ2) is 5.76. The van der Waals surface area contributed by atoms with Crippen LogP contribution in [0.2, 0.25) is 0 Å². The Labute approximate surface area is 98.1 Å². The van der Waals surface area contributed by atoms with Crippen molar-refractivity contribution in [1.82, 2.24) is 5.43 Å². The number of halogens is 1. The fourth-order valence-electron chi connectivity index (χ4n) is 1.29. The normalized spacial score (nSPS) is 11.9. The summed E-state index contributed by atoms with van der Waals surface area (Å²) in [7, 11) is 1.62. The Morgan fingerprint density at radius 1 is 1.67 bits per heavy atom. The molecule has 1 aromatic carbocycles. The third kappa shape index (κ3) is 2.96. The summed E-state index contributed by atoms with van der Waals surface area (Å²) < 4.78 is 6.10. The molecule has 0 bridgehead atoms. The maximum atomic E-state index is 5.44. The van der Waals surface area contributed by atoms with E-state index in [-0.39, 0.29) is 6.04 Å². The van der Waals surface area contributed by atoms with Gasteiger partial charge in [0, 0.05) is 10.9 Å². The smallest absolute Gasteiger partial charge is 0.119 e. The van der Waals surface area contributed by atoms with Crippen LogP contribution in [0, 0.1) is 12.3 Å². The lowest BCUT2D eigenvalue weighted by Crippen LogP contribution is -2.28. The molecule has 0 fully saturated rings. The number of ether oxygens (including phenoxy) is 1. The molecule has 0 amide bonds. The van der Waals surface area contributed by atoms with E-state index in [1.807, 2.05) is 18.2 Å². The van der Waals surface area contributed by atoms with Gasteiger partial charge in [-0.2, -0.15) is 0 Å². The fraction of sp³-hybridized carbons (Fsp3) is 0.273. The van der Waals surface area contributed by atoms with Gasteiger partial charge in [0.05, 0.1) is 13.2 Å². The van der Waals surface area contributed by atoms with Gasteiger partial charge in [0.2, 0.25) is 0 Å². The average Bonchev–Trinajstić information content (AvgIpc) is 2.27. The van der Waals surface area contributed by atoms with E-state index in [0.29, 0.717) is 6.42 Å². The molecular formula is C11H13BrN2O. The summed E-state index contributed by atoms with van der Waals surface area (Å²) in [5, 5.41) is 0. The highest BCUT2D eigenvalue weighted by molar-refractivity contribution is 9.10. The Hall–Kier alpha value is -1.02. The Morgan fingerprint density at radius 2 is 2.40 bits per heavy atom. The molecule has 0 saturated carbocycles. The van der Waals surface area contributed by atoms with Crippen molar-refractivity contribution in [3.8, 4) is 18.1 Å². The van der Waals surface area contributed by atoms with E-state index in [4.69, 9.17) is 17.0 Å². The summed E-state index contributed by atoms with van der Waals surface area (Å²) in [6.45, 7) is 0. The number of hydrogen-bond acceptors (Lipinski definition) is 3. The molecule has 0 aliphatic heterocycles. The largest absolute Gasteiger partial charge is 0.497 e. The Kier molecular flexibility index (Phi) is 4.63. The zero-order valence-corrected chi connectivity index (χ0v) is 10.0. The quantitative estimate of drug-likeness (QED) is 0.499. The van der Waals surface area contributed by atoms with Gasteiger partial charge in [-0.05, 0) is 23.8 Å². The van der Waals surface area contributed by atoms with Crippen LogP contribution in [-0.4, -0.2) is 7.11 Å². The van der Waals surface area contributed by atoms with Crippen molar-refractivity contribution in [2.45, 2.75) is 12.5 Å². The molecule has 0 aliphatic carbocycles. The van der Waals surface area contributed by atoms with Gasteiger partial charge in [0.1, 0.15) is 5.75 Å². The monoisotopic (exact) mass is 268 g/mol. The van der Waals surface area contributed by atoms with Crippen molar-refractivity contribution in [2.75, 3.05) is 7.11 Å². The van der Waals surface area contributed by atoms with Crippen molar-refractivity contribution >= 4 is 15.9 Å². The minimum absolute atomic E-state index is 0.0699. The van der Waals surface area contributed by atoms with Gasteiger partial charge in [-0.1, -0.05) is 15.9 Å². The number of nitrogens with two attached hydrogens (primary N) is 1. The van der Waals surface area contributed by atoms with Gasteiger partial charge in [0.25, 0.3) is 0 Å². The maximum absolute atomic E-state index is 5.44. The molecule has 0 aliphatic rings. The maximum Gasteiger partial charge on any atom is 0.119 e. The number of nitrogens with one attached hydrogen (secondary N) is 1. The second-order valence-electron chi connectivity index (χ2n) is 3.01. The molecule has 0 heterocycles. The van der Waals surface area contributed by atoms with E-state index in [2.05, 4.69) is 27.3 Å². The van der Waals surface area contributed by atoms with E-state index >= 15 is 0 Å². The number of benzene rings is 1. The molecule has 4 heteroatoms. The molecule has 1 aromatic rings. The lowest BCUT2D eigenvalue weighted by atomic mass is 10.0. The molecule has 0 spiro atoms. The van der Waals surface area contributed by atoms with E-state index in [0.717, 1.165) is 15.8 Å². The van der Waals surface area contributed by atoms with E-state index in [1.165, 1.54) is 0 Å². The molecule has 80 valence electrons. The second-order valence-corrected chi connectivity index (χ2v) is 3.87. The Balaban J connectivity index is 3.04. The van der Waals surface area contributed by atoms with Crippen molar-refractivity contribution in [2.24, 2.45) is 5.84 Å². The van der Waals surface area contributed by atoms with Crippen LogP contribution in [0.15, 0.2) is 22.7 Å². The van der Waals surface area contributed by atoms with Crippen LogP contribution in [0.1, 0.15) is 18.0 Å². The third-order valence-electron chi connectivity index (χ3n) is 2.10. The lowest BCUT2D eigenvalue weighted by Gasteiger charge is -2.16. The molecule has 1 atom stereocenters. The van der Waals surface area contributed by atoms with Gasteiger partial charge in [-0.3, -0.25) is 11.3 Å². The summed E-state index contributed by atoms with van der Waals surface area (Å²) in [5.74, 6) is 8.80. The van der Waals surface area contributed by atoms with Crippen LogP contribution in [0.5, 0.6) is 5.75 Å². The van der Waals surface area contributed by atoms with Crippen LogP contribution in [0.25, 0.3) is 0 Å². The first-order valence-electron chi connectivity index (χ1n) is 4.46. The standard InChI is InChI=1S/C11H13BrN2O/c1-3-4-11(14-13)9-7-8(15-2)5-6-10(9)12/h1,5-7,11,14H,4,13H2,2H3. The molecule has 3 N–H and O–H groups in total. The summed E-state index contributed by atoms with van der Waals surface area (Å²) in [6.07, 6.45) is 5.80. The highest BCUT2D eigenvalue weighted by Gasteiger charge is 2.12. The molecule has 0 radical (unpaired) electrons. The topological polar surface area (TPSA) is 47.3 Å². The zero-order valence-electron chi connectivity index (χ0n) is 8.46. The van der Waals surface area contributed by atoms with Gasteiger partial charge in [-0.15, -0.1) is 12.3 Å². The first-order valence-corrected chi connectivity index (χ1v) is 5.25. The minimum atomic E-state index is -0.0699. The van der Waals surface area contributed by atoms with Gasteiger partial charge in [0.15, 0.2) is 0 Å². The predicted molar refractivity (Wildman–Crippen MR) is 64.2 cm³/mol.